The molecule has 0 aromatic heterocycles. The van der Waals surface area contributed by atoms with Crippen LogP contribution in [0.15, 0.2) is 18.2 Å². The first-order valence-electron chi connectivity index (χ1n) is 4.76. The minimum atomic E-state index is 0.229. The molecule has 1 heterocycles. The zero-order valence-electron chi connectivity index (χ0n) is 7.92. The van der Waals surface area contributed by atoms with Crippen LogP contribution < -0.4 is 10.5 Å². The molecule has 0 radical (unpaired) electrons. The third-order valence-electron chi connectivity index (χ3n) is 2.38. The summed E-state index contributed by atoms with van der Waals surface area (Å²) < 4.78 is 5.48. The highest BCUT2D eigenvalue weighted by molar-refractivity contribution is 5.43. The average molecular weight is 177 g/mol. The zero-order chi connectivity index (χ0) is 9.26. The molecule has 1 aliphatic heterocycles. The Bertz CT molecular complexity index is 307. The van der Waals surface area contributed by atoms with Gasteiger partial charge in [-0.05, 0) is 25.0 Å². The fourth-order valence-electron chi connectivity index (χ4n) is 1.83. The number of ether oxygens (including phenoxy) is 1. The van der Waals surface area contributed by atoms with Crippen molar-refractivity contribution < 1.29 is 4.74 Å². The second-order valence-corrected chi connectivity index (χ2v) is 3.67. The summed E-state index contributed by atoms with van der Waals surface area (Å²) in [7, 11) is 0. The molecule has 0 aliphatic carbocycles. The van der Waals surface area contributed by atoms with Crippen molar-refractivity contribution in [2.24, 2.45) is 5.73 Å². The van der Waals surface area contributed by atoms with E-state index in [-0.39, 0.29) is 6.04 Å². The highest BCUT2D eigenvalue weighted by Gasteiger charge is 2.15. The molecule has 0 spiro atoms. The van der Waals surface area contributed by atoms with E-state index in [2.05, 4.69) is 6.07 Å². The topological polar surface area (TPSA) is 35.2 Å². The molecule has 2 heteroatoms. The largest absolute Gasteiger partial charge is 0.493 e. The van der Waals surface area contributed by atoms with Crippen molar-refractivity contribution in [2.45, 2.75) is 25.8 Å². The van der Waals surface area contributed by atoms with Gasteiger partial charge in [0.1, 0.15) is 5.75 Å². The second-order valence-electron chi connectivity index (χ2n) is 3.67. The summed E-state index contributed by atoms with van der Waals surface area (Å²) in [6.07, 6.45) is 1.99. The van der Waals surface area contributed by atoms with Gasteiger partial charge in [-0.1, -0.05) is 12.1 Å². The molecule has 1 aromatic carbocycles. The lowest BCUT2D eigenvalue weighted by Crippen LogP contribution is -2.18. The van der Waals surface area contributed by atoms with Gasteiger partial charge in [0.05, 0.1) is 6.61 Å². The van der Waals surface area contributed by atoms with Crippen LogP contribution in [0.2, 0.25) is 0 Å². The van der Waals surface area contributed by atoms with Crippen LogP contribution in [0.5, 0.6) is 5.75 Å². The molecule has 2 nitrogen and oxygen atoms in total. The van der Waals surface area contributed by atoms with Crippen LogP contribution in [0.3, 0.4) is 0 Å². The van der Waals surface area contributed by atoms with Crippen LogP contribution in [-0.4, -0.2) is 12.6 Å². The lowest BCUT2D eigenvalue weighted by Gasteiger charge is -2.08. The molecule has 0 amide bonds. The zero-order valence-corrected chi connectivity index (χ0v) is 7.92. The van der Waals surface area contributed by atoms with Gasteiger partial charge in [0.15, 0.2) is 0 Å². The Balaban J connectivity index is 2.30. The van der Waals surface area contributed by atoms with Gasteiger partial charge in [-0.2, -0.15) is 0 Å². The maximum Gasteiger partial charge on any atom is 0.122 e. The third-order valence-corrected chi connectivity index (χ3v) is 2.38. The first-order chi connectivity index (χ1) is 6.27. The molecule has 1 aliphatic rings. The van der Waals surface area contributed by atoms with Gasteiger partial charge in [-0.15, -0.1) is 0 Å². The highest BCUT2D eigenvalue weighted by atomic mass is 16.5. The minimum Gasteiger partial charge on any atom is -0.493 e. The van der Waals surface area contributed by atoms with E-state index in [4.69, 9.17) is 10.5 Å². The smallest absolute Gasteiger partial charge is 0.122 e. The third kappa shape index (κ3) is 1.68. The minimum absolute atomic E-state index is 0.229. The Labute approximate surface area is 78.7 Å². The van der Waals surface area contributed by atoms with Crippen LogP contribution in [0.1, 0.15) is 18.1 Å². The second kappa shape index (κ2) is 3.38. The predicted octanol–water partition coefficient (Wildman–Crippen LogP) is 1.51. The molecule has 2 N–H and O–H groups in total. The Morgan fingerprint density at radius 2 is 2.38 bits per heavy atom. The maximum absolute atomic E-state index is 5.78. The molecule has 0 unspecified atom stereocenters. The van der Waals surface area contributed by atoms with Gasteiger partial charge < -0.3 is 10.5 Å². The summed E-state index contributed by atoms with van der Waals surface area (Å²) in [6, 6.07) is 6.46. The summed E-state index contributed by atoms with van der Waals surface area (Å²) in [6.45, 7) is 2.86. The van der Waals surface area contributed by atoms with Crippen molar-refractivity contribution >= 4 is 0 Å². The average Bonchev–Trinajstić information content (AvgIpc) is 2.51. The molecular formula is C11H15NO. The maximum atomic E-state index is 5.78. The van der Waals surface area contributed by atoms with Crippen LogP contribution in [0.25, 0.3) is 0 Å². The SMILES string of the molecule is C[C@@H](N)Cc1cccc2c1CCO2. The van der Waals surface area contributed by atoms with E-state index in [0.717, 1.165) is 25.2 Å². The van der Waals surface area contributed by atoms with Crippen molar-refractivity contribution in [1.82, 2.24) is 0 Å². The molecule has 0 saturated carbocycles. The molecule has 70 valence electrons. The molecular weight excluding hydrogens is 162 g/mol. The normalized spacial score (nSPS) is 16.5. The van der Waals surface area contributed by atoms with E-state index < -0.39 is 0 Å². The molecule has 0 bridgehead atoms. The number of hydrogen-bond acceptors (Lipinski definition) is 2. The van der Waals surface area contributed by atoms with E-state index >= 15 is 0 Å². The van der Waals surface area contributed by atoms with E-state index in [1.807, 2.05) is 19.1 Å². The molecule has 1 aromatic rings. The van der Waals surface area contributed by atoms with Gasteiger partial charge in [0, 0.05) is 18.0 Å². The van der Waals surface area contributed by atoms with E-state index in [0.29, 0.717) is 0 Å². The first kappa shape index (κ1) is 8.57. The van der Waals surface area contributed by atoms with Crippen molar-refractivity contribution in [3.05, 3.63) is 29.3 Å². The number of benzene rings is 1. The van der Waals surface area contributed by atoms with Crippen molar-refractivity contribution in [2.75, 3.05) is 6.61 Å². The summed E-state index contributed by atoms with van der Waals surface area (Å²) in [5.74, 6) is 1.05. The lowest BCUT2D eigenvalue weighted by atomic mass is 10.00. The standard InChI is InChI=1S/C11H15NO/c1-8(12)7-9-3-2-4-11-10(9)5-6-13-11/h2-4,8H,5-7,12H2,1H3/t8-/m1/s1. The fraction of sp³-hybridized carbons (Fsp3) is 0.455. The number of fused-ring (bicyclic) bond motifs is 1. The van der Waals surface area contributed by atoms with E-state index in [1.165, 1.54) is 11.1 Å². The summed E-state index contributed by atoms with van der Waals surface area (Å²) in [5.41, 5.74) is 8.49. The van der Waals surface area contributed by atoms with Gasteiger partial charge in [0.25, 0.3) is 0 Å². The van der Waals surface area contributed by atoms with Crippen LogP contribution >= 0.6 is 0 Å². The number of hydrogen-bond donors (Lipinski definition) is 1. The molecule has 0 saturated heterocycles. The molecule has 13 heavy (non-hydrogen) atoms. The summed E-state index contributed by atoms with van der Waals surface area (Å²) in [5, 5.41) is 0. The van der Waals surface area contributed by atoms with Gasteiger partial charge in [-0.3, -0.25) is 0 Å². The van der Waals surface area contributed by atoms with Crippen molar-refractivity contribution in [3.63, 3.8) is 0 Å². The monoisotopic (exact) mass is 177 g/mol. The van der Waals surface area contributed by atoms with E-state index in [1.54, 1.807) is 0 Å². The quantitative estimate of drug-likeness (QED) is 0.743. The fourth-order valence-corrected chi connectivity index (χ4v) is 1.83. The van der Waals surface area contributed by atoms with E-state index in [9.17, 15) is 0 Å². The Morgan fingerprint density at radius 1 is 1.54 bits per heavy atom. The number of nitrogens with two attached hydrogens (primary N) is 1. The van der Waals surface area contributed by atoms with Crippen LogP contribution in [-0.2, 0) is 12.8 Å². The summed E-state index contributed by atoms with van der Waals surface area (Å²) in [4.78, 5) is 0. The van der Waals surface area contributed by atoms with Gasteiger partial charge in [-0.25, -0.2) is 0 Å². The number of rotatable bonds is 2. The molecule has 1 atom stereocenters. The lowest BCUT2D eigenvalue weighted by molar-refractivity contribution is 0.357. The Morgan fingerprint density at radius 3 is 3.15 bits per heavy atom. The van der Waals surface area contributed by atoms with Crippen LogP contribution in [0.4, 0.5) is 0 Å². The van der Waals surface area contributed by atoms with Crippen LogP contribution in [0, 0.1) is 0 Å². The van der Waals surface area contributed by atoms with Gasteiger partial charge in [0.2, 0.25) is 0 Å². The van der Waals surface area contributed by atoms with Crippen molar-refractivity contribution in [1.29, 1.82) is 0 Å². The first-order valence-corrected chi connectivity index (χ1v) is 4.76. The Kier molecular flexibility index (Phi) is 2.23. The molecule has 0 fully saturated rings. The summed E-state index contributed by atoms with van der Waals surface area (Å²) >= 11 is 0. The molecule has 2 rings (SSSR count). The predicted molar refractivity (Wildman–Crippen MR) is 53.0 cm³/mol. The van der Waals surface area contributed by atoms with Gasteiger partial charge >= 0.3 is 0 Å². The van der Waals surface area contributed by atoms with Crippen molar-refractivity contribution in [3.8, 4) is 5.75 Å². The Hall–Kier alpha value is -1.02. The highest BCUT2D eigenvalue weighted by Crippen LogP contribution is 2.28.